The van der Waals surface area contributed by atoms with Gasteiger partial charge in [-0.05, 0) is 30.0 Å². The van der Waals surface area contributed by atoms with Gasteiger partial charge in [-0.2, -0.15) is 0 Å². The first kappa shape index (κ1) is 16.0. The van der Waals surface area contributed by atoms with Gasteiger partial charge in [0, 0.05) is 25.1 Å². The molecule has 0 aliphatic carbocycles. The molecule has 0 aromatic carbocycles. The Bertz CT molecular complexity index is 1100. The molecular formula is C17H15N5OS2. The SMILES string of the molecule is Cc1cccn2c(=O)cc(CSc3nnc(-c4cccs4)n3C)nc12. The van der Waals surface area contributed by atoms with Crippen LogP contribution in [-0.2, 0) is 12.8 Å². The fourth-order valence-corrected chi connectivity index (χ4v) is 4.13. The van der Waals surface area contributed by atoms with Crippen molar-refractivity contribution in [1.82, 2.24) is 24.1 Å². The van der Waals surface area contributed by atoms with Crippen molar-refractivity contribution in [2.24, 2.45) is 7.05 Å². The second kappa shape index (κ2) is 6.45. The molecule has 25 heavy (non-hydrogen) atoms. The van der Waals surface area contributed by atoms with E-state index in [4.69, 9.17) is 0 Å². The van der Waals surface area contributed by atoms with Crippen LogP contribution in [0.1, 0.15) is 11.3 Å². The van der Waals surface area contributed by atoms with E-state index in [1.54, 1.807) is 28.0 Å². The molecule has 0 fully saturated rings. The molecule has 8 heteroatoms. The summed E-state index contributed by atoms with van der Waals surface area (Å²) in [4.78, 5) is 18.0. The Morgan fingerprint density at radius 1 is 1.24 bits per heavy atom. The van der Waals surface area contributed by atoms with Crippen LogP contribution in [0, 0.1) is 6.92 Å². The summed E-state index contributed by atoms with van der Waals surface area (Å²) in [6.45, 7) is 1.95. The van der Waals surface area contributed by atoms with E-state index in [1.165, 1.54) is 11.8 Å². The zero-order chi connectivity index (χ0) is 17.4. The lowest BCUT2D eigenvalue weighted by atomic mass is 10.3. The van der Waals surface area contributed by atoms with Crippen LogP contribution in [0.25, 0.3) is 16.3 Å². The minimum Gasteiger partial charge on any atom is -0.304 e. The van der Waals surface area contributed by atoms with Gasteiger partial charge in [-0.1, -0.05) is 23.9 Å². The summed E-state index contributed by atoms with van der Waals surface area (Å²) in [5, 5.41) is 11.3. The molecule has 0 aliphatic heterocycles. The number of thioether (sulfide) groups is 1. The highest BCUT2D eigenvalue weighted by molar-refractivity contribution is 7.98. The van der Waals surface area contributed by atoms with Crippen LogP contribution in [0.4, 0.5) is 0 Å². The van der Waals surface area contributed by atoms with Crippen molar-refractivity contribution in [2.75, 3.05) is 0 Å². The first-order valence-electron chi connectivity index (χ1n) is 7.67. The van der Waals surface area contributed by atoms with E-state index in [1.807, 2.05) is 48.2 Å². The van der Waals surface area contributed by atoms with Gasteiger partial charge < -0.3 is 4.57 Å². The van der Waals surface area contributed by atoms with Gasteiger partial charge in [0.1, 0.15) is 5.65 Å². The van der Waals surface area contributed by atoms with Crippen LogP contribution in [0.5, 0.6) is 0 Å². The molecule has 6 nitrogen and oxygen atoms in total. The first-order valence-corrected chi connectivity index (χ1v) is 9.54. The minimum atomic E-state index is -0.0680. The Morgan fingerprint density at radius 2 is 2.12 bits per heavy atom. The zero-order valence-corrected chi connectivity index (χ0v) is 15.3. The zero-order valence-electron chi connectivity index (χ0n) is 13.7. The molecule has 0 N–H and O–H groups in total. The fraction of sp³-hybridized carbons (Fsp3) is 0.176. The van der Waals surface area contributed by atoms with Crippen molar-refractivity contribution in [3.05, 3.63) is 63.5 Å². The average molecular weight is 369 g/mol. The number of thiophene rings is 1. The molecule has 0 atom stereocenters. The third-order valence-corrected chi connectivity index (χ3v) is 5.78. The predicted octanol–water partition coefficient (Wildman–Crippen LogP) is 3.15. The van der Waals surface area contributed by atoms with Gasteiger partial charge in [0.25, 0.3) is 5.56 Å². The largest absolute Gasteiger partial charge is 0.304 e. The smallest absolute Gasteiger partial charge is 0.258 e. The number of rotatable bonds is 4. The Morgan fingerprint density at radius 3 is 2.92 bits per heavy atom. The highest BCUT2D eigenvalue weighted by Gasteiger charge is 2.13. The molecule has 0 spiro atoms. The van der Waals surface area contributed by atoms with Crippen LogP contribution in [0.2, 0.25) is 0 Å². The van der Waals surface area contributed by atoms with Gasteiger partial charge in [0.15, 0.2) is 11.0 Å². The number of hydrogen-bond donors (Lipinski definition) is 0. The monoisotopic (exact) mass is 369 g/mol. The molecule has 0 saturated heterocycles. The van der Waals surface area contributed by atoms with E-state index >= 15 is 0 Å². The van der Waals surface area contributed by atoms with Crippen molar-refractivity contribution in [1.29, 1.82) is 0 Å². The van der Waals surface area contributed by atoms with Gasteiger partial charge >= 0.3 is 0 Å². The van der Waals surface area contributed by atoms with Crippen LogP contribution >= 0.6 is 23.1 Å². The summed E-state index contributed by atoms with van der Waals surface area (Å²) in [5.74, 6) is 1.41. The maximum Gasteiger partial charge on any atom is 0.258 e. The van der Waals surface area contributed by atoms with Gasteiger partial charge in [-0.15, -0.1) is 21.5 Å². The third-order valence-electron chi connectivity index (χ3n) is 3.86. The molecule has 126 valence electrons. The standard InChI is InChI=1S/C17H15N5OS2/c1-11-5-3-7-22-14(23)9-12(18-15(11)22)10-25-17-20-19-16(21(17)2)13-6-4-8-24-13/h3-9H,10H2,1-2H3. The highest BCUT2D eigenvalue weighted by Crippen LogP contribution is 2.27. The molecule has 0 unspecified atom stereocenters. The van der Waals surface area contributed by atoms with E-state index in [0.717, 1.165) is 27.1 Å². The lowest BCUT2D eigenvalue weighted by molar-refractivity contribution is 0.794. The summed E-state index contributed by atoms with van der Waals surface area (Å²) in [7, 11) is 1.95. The molecule has 0 saturated carbocycles. The Labute approximate surface area is 152 Å². The van der Waals surface area contributed by atoms with Gasteiger partial charge in [0.2, 0.25) is 0 Å². The second-order valence-corrected chi connectivity index (χ2v) is 7.49. The number of pyridine rings is 1. The maximum absolute atomic E-state index is 12.3. The molecule has 0 bridgehead atoms. The molecule has 4 aromatic heterocycles. The van der Waals surface area contributed by atoms with Gasteiger partial charge in [0.05, 0.1) is 10.6 Å². The number of aromatic nitrogens is 5. The summed E-state index contributed by atoms with van der Waals surface area (Å²) >= 11 is 3.16. The Hall–Kier alpha value is -2.45. The van der Waals surface area contributed by atoms with E-state index in [9.17, 15) is 4.79 Å². The topological polar surface area (TPSA) is 65.1 Å². The summed E-state index contributed by atoms with van der Waals surface area (Å²) in [6.07, 6.45) is 1.74. The average Bonchev–Trinajstić information content (AvgIpc) is 3.24. The van der Waals surface area contributed by atoms with Crippen molar-refractivity contribution in [3.63, 3.8) is 0 Å². The number of hydrogen-bond acceptors (Lipinski definition) is 6. The molecule has 4 aromatic rings. The normalized spacial score (nSPS) is 11.3. The van der Waals surface area contributed by atoms with Crippen molar-refractivity contribution in [2.45, 2.75) is 17.8 Å². The van der Waals surface area contributed by atoms with Crippen LogP contribution in [0.3, 0.4) is 0 Å². The fourth-order valence-electron chi connectivity index (χ4n) is 2.58. The first-order chi connectivity index (χ1) is 12.1. The van der Waals surface area contributed by atoms with Crippen molar-refractivity contribution < 1.29 is 0 Å². The molecular weight excluding hydrogens is 354 g/mol. The van der Waals surface area contributed by atoms with Crippen LogP contribution < -0.4 is 5.56 Å². The molecule has 0 radical (unpaired) electrons. The maximum atomic E-state index is 12.3. The van der Waals surface area contributed by atoms with E-state index in [2.05, 4.69) is 15.2 Å². The predicted molar refractivity (Wildman–Crippen MR) is 100 cm³/mol. The Balaban J connectivity index is 1.61. The molecule has 4 heterocycles. The summed E-state index contributed by atoms with van der Waals surface area (Å²) in [5.41, 5.74) is 2.35. The summed E-state index contributed by atoms with van der Waals surface area (Å²) in [6, 6.07) is 9.41. The second-order valence-electron chi connectivity index (χ2n) is 5.60. The lowest BCUT2D eigenvalue weighted by Gasteiger charge is -2.06. The van der Waals surface area contributed by atoms with E-state index < -0.39 is 0 Å². The molecule has 0 aliphatic rings. The number of aryl methyl sites for hydroxylation is 1. The van der Waals surface area contributed by atoms with E-state index in [-0.39, 0.29) is 5.56 Å². The number of fused-ring (bicyclic) bond motifs is 1. The molecule has 0 amide bonds. The number of nitrogens with zero attached hydrogens (tertiary/aromatic N) is 5. The summed E-state index contributed by atoms with van der Waals surface area (Å²) < 4.78 is 3.54. The van der Waals surface area contributed by atoms with Crippen LogP contribution in [-0.4, -0.2) is 24.1 Å². The van der Waals surface area contributed by atoms with Crippen molar-refractivity contribution >= 4 is 28.7 Å². The Kier molecular flexibility index (Phi) is 4.14. The highest BCUT2D eigenvalue weighted by atomic mass is 32.2. The quantitative estimate of drug-likeness (QED) is 0.517. The van der Waals surface area contributed by atoms with Gasteiger partial charge in [-0.3, -0.25) is 9.20 Å². The van der Waals surface area contributed by atoms with Gasteiger partial charge in [-0.25, -0.2) is 4.98 Å². The lowest BCUT2D eigenvalue weighted by Crippen LogP contribution is -2.15. The van der Waals surface area contributed by atoms with E-state index in [0.29, 0.717) is 11.4 Å². The van der Waals surface area contributed by atoms with Crippen LogP contribution in [0.15, 0.2) is 51.9 Å². The van der Waals surface area contributed by atoms with Crippen molar-refractivity contribution in [3.8, 4) is 10.7 Å². The minimum absolute atomic E-state index is 0.0680. The third kappa shape index (κ3) is 2.98. The molecule has 4 rings (SSSR count).